The van der Waals surface area contributed by atoms with Gasteiger partial charge in [-0.2, -0.15) is 0 Å². The van der Waals surface area contributed by atoms with Gasteiger partial charge in [0.25, 0.3) is 0 Å². The summed E-state index contributed by atoms with van der Waals surface area (Å²) in [7, 11) is 0. The zero-order valence-corrected chi connectivity index (χ0v) is 15.3. The van der Waals surface area contributed by atoms with E-state index in [1.165, 1.54) is 17.5 Å². The van der Waals surface area contributed by atoms with Crippen LogP contribution >= 0.6 is 0 Å². The van der Waals surface area contributed by atoms with Crippen LogP contribution in [0.2, 0.25) is 0 Å². The van der Waals surface area contributed by atoms with Gasteiger partial charge < -0.3 is 10.5 Å². The van der Waals surface area contributed by atoms with E-state index in [1.807, 2.05) is 57.2 Å². The predicted molar refractivity (Wildman–Crippen MR) is 103 cm³/mol. The molecule has 1 heterocycles. The second-order valence-corrected chi connectivity index (χ2v) is 7.47. The predicted octanol–water partition coefficient (Wildman–Crippen LogP) is 4.13. The number of carbonyl (C=O) groups is 1. The fraction of sp³-hybridized carbons (Fsp3) is 0.350. The quantitative estimate of drug-likeness (QED) is 0.639. The summed E-state index contributed by atoms with van der Waals surface area (Å²) < 4.78 is 5.28. The van der Waals surface area contributed by atoms with E-state index >= 15 is 0 Å². The third kappa shape index (κ3) is 4.02. The summed E-state index contributed by atoms with van der Waals surface area (Å²) in [4.78, 5) is 20.1. The Labute approximate surface area is 153 Å². The molecule has 1 aliphatic rings. The van der Waals surface area contributed by atoms with Crippen molar-refractivity contribution in [2.45, 2.75) is 44.6 Å². The van der Waals surface area contributed by atoms with E-state index in [9.17, 15) is 4.79 Å². The first-order valence-electron chi connectivity index (χ1n) is 8.64. The van der Waals surface area contributed by atoms with Gasteiger partial charge in [0.05, 0.1) is 6.34 Å². The van der Waals surface area contributed by atoms with Crippen LogP contribution in [0.4, 0.5) is 16.3 Å². The minimum absolute atomic E-state index is 0.00768. The molecule has 1 fully saturated rings. The number of hydrogen-bond donors (Lipinski definition) is 2. The Balaban J connectivity index is 1.76. The first-order chi connectivity index (χ1) is 12.3. The molecule has 0 radical (unpaired) electrons. The number of carbonyl (C=O) groups excluding carboxylic acids is 1. The first-order valence-corrected chi connectivity index (χ1v) is 8.64. The summed E-state index contributed by atoms with van der Waals surface area (Å²) in [5, 5.41) is 2.76. The Morgan fingerprint density at radius 3 is 2.50 bits per heavy atom. The number of nitrogens with zero attached hydrogens (tertiary/aromatic N) is 2. The number of amides is 1. The zero-order valence-electron chi connectivity index (χ0n) is 15.3. The van der Waals surface area contributed by atoms with Crippen molar-refractivity contribution in [3.05, 3.63) is 53.7 Å². The van der Waals surface area contributed by atoms with Crippen LogP contribution < -0.4 is 11.1 Å². The average molecular weight is 352 g/mol. The summed E-state index contributed by atoms with van der Waals surface area (Å²) in [6.45, 7) is 5.51. The maximum absolute atomic E-state index is 11.9. The number of rotatable bonds is 4. The molecular weight excluding hydrogens is 328 g/mol. The standard InChI is InChI=1S/C20H24N4O2/c1-19(2,3)26-18(25)24-16-6-4-14(5-7-16)20(9-10-20)15-8-11-22-17(12-15)23-13-21/h4-8,11-13H,9-10H2,1-3H3,(H,24,25)(H2,21,22,23). The molecule has 26 heavy (non-hydrogen) atoms. The molecule has 6 nitrogen and oxygen atoms in total. The number of aromatic nitrogens is 1. The van der Waals surface area contributed by atoms with Crippen molar-refractivity contribution in [3.63, 3.8) is 0 Å². The SMILES string of the molecule is CC(C)(C)OC(=O)Nc1ccc(C2(c3ccnc(N=CN)c3)CC2)cc1. The summed E-state index contributed by atoms with van der Waals surface area (Å²) in [6.07, 6.45) is 4.70. The van der Waals surface area contributed by atoms with Crippen LogP contribution in [0.15, 0.2) is 47.6 Å². The Kier molecular flexibility index (Phi) is 4.68. The molecule has 1 amide bonds. The molecule has 1 aliphatic carbocycles. The summed E-state index contributed by atoms with van der Waals surface area (Å²) in [5.74, 6) is 0.611. The fourth-order valence-corrected chi connectivity index (χ4v) is 3.03. The monoisotopic (exact) mass is 352 g/mol. The fourth-order valence-electron chi connectivity index (χ4n) is 3.03. The maximum Gasteiger partial charge on any atom is 0.412 e. The van der Waals surface area contributed by atoms with E-state index in [1.54, 1.807) is 6.20 Å². The minimum Gasteiger partial charge on any atom is -0.444 e. The molecule has 0 unspecified atom stereocenters. The van der Waals surface area contributed by atoms with Crippen LogP contribution in [0.3, 0.4) is 0 Å². The smallest absolute Gasteiger partial charge is 0.412 e. The van der Waals surface area contributed by atoms with Gasteiger partial charge >= 0.3 is 6.09 Å². The number of benzene rings is 1. The van der Waals surface area contributed by atoms with Gasteiger partial charge in [-0.05, 0) is 69.0 Å². The second-order valence-electron chi connectivity index (χ2n) is 7.47. The lowest BCUT2D eigenvalue weighted by atomic mass is 9.88. The van der Waals surface area contributed by atoms with Crippen LogP contribution in [-0.4, -0.2) is 23.0 Å². The van der Waals surface area contributed by atoms with Gasteiger partial charge in [0.2, 0.25) is 0 Å². The van der Waals surface area contributed by atoms with Crippen LogP contribution in [-0.2, 0) is 10.2 Å². The van der Waals surface area contributed by atoms with E-state index in [2.05, 4.69) is 15.3 Å². The third-order valence-electron chi connectivity index (χ3n) is 4.34. The molecule has 1 saturated carbocycles. The number of pyridine rings is 1. The molecule has 0 atom stereocenters. The van der Waals surface area contributed by atoms with Crippen molar-refractivity contribution in [2.24, 2.45) is 10.7 Å². The van der Waals surface area contributed by atoms with Gasteiger partial charge in [0, 0.05) is 17.3 Å². The van der Waals surface area contributed by atoms with Crippen molar-refractivity contribution >= 4 is 23.9 Å². The third-order valence-corrected chi connectivity index (χ3v) is 4.34. The van der Waals surface area contributed by atoms with E-state index in [0.717, 1.165) is 12.8 Å². The van der Waals surface area contributed by atoms with Crippen molar-refractivity contribution in [1.29, 1.82) is 0 Å². The Morgan fingerprint density at radius 2 is 1.92 bits per heavy atom. The molecule has 0 aliphatic heterocycles. The molecule has 6 heteroatoms. The number of anilines is 1. The summed E-state index contributed by atoms with van der Waals surface area (Å²) in [5.41, 5.74) is 7.94. The van der Waals surface area contributed by atoms with E-state index in [0.29, 0.717) is 11.5 Å². The number of hydrogen-bond acceptors (Lipinski definition) is 4. The number of nitrogens with one attached hydrogen (secondary N) is 1. The minimum atomic E-state index is -0.521. The highest BCUT2D eigenvalue weighted by Gasteiger charge is 2.45. The van der Waals surface area contributed by atoms with Gasteiger partial charge in [0.15, 0.2) is 5.82 Å². The van der Waals surface area contributed by atoms with E-state index < -0.39 is 11.7 Å². The normalized spacial score (nSPS) is 15.7. The second kappa shape index (κ2) is 6.78. The van der Waals surface area contributed by atoms with Crippen LogP contribution in [0.5, 0.6) is 0 Å². The van der Waals surface area contributed by atoms with Crippen LogP contribution in [0.1, 0.15) is 44.7 Å². The lowest BCUT2D eigenvalue weighted by Gasteiger charge is -2.20. The summed E-state index contributed by atoms with van der Waals surface area (Å²) in [6, 6.07) is 11.9. The average Bonchev–Trinajstić information content (AvgIpc) is 3.36. The highest BCUT2D eigenvalue weighted by Crippen LogP contribution is 2.53. The van der Waals surface area contributed by atoms with Gasteiger partial charge in [-0.1, -0.05) is 12.1 Å². The van der Waals surface area contributed by atoms with Crippen molar-refractivity contribution < 1.29 is 9.53 Å². The molecule has 0 saturated heterocycles. The molecular formula is C20H24N4O2. The first kappa shape index (κ1) is 17.9. The van der Waals surface area contributed by atoms with E-state index in [-0.39, 0.29) is 5.41 Å². The molecule has 3 rings (SSSR count). The van der Waals surface area contributed by atoms with Gasteiger partial charge in [-0.15, -0.1) is 0 Å². The Morgan fingerprint density at radius 1 is 1.23 bits per heavy atom. The molecule has 1 aromatic heterocycles. The molecule has 1 aromatic carbocycles. The van der Waals surface area contributed by atoms with Crippen molar-refractivity contribution in [1.82, 2.24) is 4.98 Å². The Bertz CT molecular complexity index is 818. The van der Waals surface area contributed by atoms with E-state index in [4.69, 9.17) is 10.5 Å². The zero-order chi connectivity index (χ0) is 18.8. The molecule has 0 spiro atoms. The lowest BCUT2D eigenvalue weighted by molar-refractivity contribution is 0.0636. The highest BCUT2D eigenvalue weighted by atomic mass is 16.6. The van der Waals surface area contributed by atoms with Gasteiger partial charge in [-0.3, -0.25) is 5.32 Å². The maximum atomic E-state index is 11.9. The topological polar surface area (TPSA) is 89.6 Å². The number of nitrogens with two attached hydrogens (primary N) is 1. The molecule has 3 N–H and O–H groups in total. The van der Waals surface area contributed by atoms with Crippen LogP contribution in [0.25, 0.3) is 0 Å². The van der Waals surface area contributed by atoms with Gasteiger partial charge in [-0.25, -0.2) is 14.8 Å². The molecule has 136 valence electrons. The van der Waals surface area contributed by atoms with Crippen molar-refractivity contribution in [2.75, 3.05) is 5.32 Å². The number of aliphatic imine (C=N–C) groups is 1. The molecule has 0 bridgehead atoms. The Hall–Kier alpha value is -2.89. The lowest BCUT2D eigenvalue weighted by Crippen LogP contribution is -2.27. The van der Waals surface area contributed by atoms with Gasteiger partial charge in [0.1, 0.15) is 5.60 Å². The van der Waals surface area contributed by atoms with Crippen molar-refractivity contribution in [3.8, 4) is 0 Å². The molecule has 2 aromatic rings. The largest absolute Gasteiger partial charge is 0.444 e. The highest BCUT2D eigenvalue weighted by molar-refractivity contribution is 5.84. The number of ether oxygens (including phenoxy) is 1. The van der Waals surface area contributed by atoms with Crippen LogP contribution in [0, 0.1) is 0 Å². The summed E-state index contributed by atoms with van der Waals surface area (Å²) >= 11 is 0.